The van der Waals surface area contributed by atoms with Crippen LogP contribution >= 0.6 is 23.1 Å². The fourth-order valence-electron chi connectivity index (χ4n) is 1.08. The Kier molecular flexibility index (Phi) is 6.28. The maximum absolute atomic E-state index is 11.5. The van der Waals surface area contributed by atoms with E-state index in [4.69, 9.17) is 0 Å². The Labute approximate surface area is 110 Å². The van der Waals surface area contributed by atoms with E-state index in [9.17, 15) is 4.79 Å². The van der Waals surface area contributed by atoms with E-state index in [1.54, 1.807) is 0 Å². The van der Waals surface area contributed by atoms with Crippen molar-refractivity contribution in [2.24, 2.45) is 0 Å². The van der Waals surface area contributed by atoms with Crippen molar-refractivity contribution >= 4 is 34.1 Å². The number of carbonyl (C=O) groups excluding carboxylic acids is 1. The SMILES string of the molecule is CCCNc1nnc(S[C@H](C)C(=O)NCC)s1. The first-order valence-electron chi connectivity index (χ1n) is 5.69. The van der Waals surface area contributed by atoms with Crippen LogP contribution in [0.25, 0.3) is 0 Å². The molecule has 0 aromatic carbocycles. The fraction of sp³-hybridized carbons (Fsp3) is 0.700. The summed E-state index contributed by atoms with van der Waals surface area (Å²) in [5, 5.41) is 14.7. The highest BCUT2D eigenvalue weighted by Gasteiger charge is 2.16. The maximum Gasteiger partial charge on any atom is 0.233 e. The van der Waals surface area contributed by atoms with Crippen molar-refractivity contribution in [1.82, 2.24) is 15.5 Å². The van der Waals surface area contributed by atoms with Crippen molar-refractivity contribution in [2.45, 2.75) is 36.8 Å². The molecule has 0 fully saturated rings. The Bertz CT molecular complexity index is 356. The lowest BCUT2D eigenvalue weighted by atomic mass is 10.4. The molecule has 1 aromatic heterocycles. The number of hydrogen-bond acceptors (Lipinski definition) is 6. The number of carbonyl (C=O) groups is 1. The zero-order valence-electron chi connectivity index (χ0n) is 10.3. The molecule has 1 heterocycles. The lowest BCUT2D eigenvalue weighted by Crippen LogP contribution is -2.30. The van der Waals surface area contributed by atoms with Gasteiger partial charge in [0.05, 0.1) is 5.25 Å². The van der Waals surface area contributed by atoms with Crippen LogP contribution in [0, 0.1) is 0 Å². The van der Waals surface area contributed by atoms with Gasteiger partial charge in [0, 0.05) is 13.1 Å². The van der Waals surface area contributed by atoms with Crippen molar-refractivity contribution < 1.29 is 4.79 Å². The van der Waals surface area contributed by atoms with E-state index in [-0.39, 0.29) is 11.2 Å². The van der Waals surface area contributed by atoms with E-state index in [2.05, 4.69) is 27.8 Å². The molecular formula is C10H18N4OS2. The van der Waals surface area contributed by atoms with Gasteiger partial charge >= 0.3 is 0 Å². The molecule has 96 valence electrons. The summed E-state index contributed by atoms with van der Waals surface area (Å²) in [4.78, 5) is 11.5. The summed E-state index contributed by atoms with van der Waals surface area (Å²) < 4.78 is 0.822. The van der Waals surface area contributed by atoms with E-state index in [0.717, 1.165) is 22.4 Å². The molecule has 17 heavy (non-hydrogen) atoms. The standard InChI is InChI=1S/C10H18N4OS2/c1-4-6-12-9-13-14-10(17-9)16-7(3)8(15)11-5-2/h7H,4-6H2,1-3H3,(H,11,15)(H,12,13)/t7-/m1/s1. The Morgan fingerprint density at radius 3 is 2.88 bits per heavy atom. The van der Waals surface area contributed by atoms with Gasteiger partial charge in [-0.25, -0.2) is 0 Å². The summed E-state index contributed by atoms with van der Waals surface area (Å²) in [6, 6.07) is 0. The first kappa shape index (κ1) is 14.2. The molecule has 7 heteroatoms. The Morgan fingerprint density at radius 2 is 2.24 bits per heavy atom. The zero-order chi connectivity index (χ0) is 12.7. The third-order valence-corrected chi connectivity index (χ3v) is 4.00. The van der Waals surface area contributed by atoms with Gasteiger partial charge in [0.1, 0.15) is 0 Å². The number of thioether (sulfide) groups is 1. The summed E-state index contributed by atoms with van der Waals surface area (Å²) >= 11 is 2.93. The molecular weight excluding hydrogens is 256 g/mol. The Balaban J connectivity index is 2.45. The van der Waals surface area contributed by atoms with Crippen LogP contribution in [0.3, 0.4) is 0 Å². The second-order valence-electron chi connectivity index (χ2n) is 3.45. The molecule has 2 N–H and O–H groups in total. The van der Waals surface area contributed by atoms with Crippen molar-refractivity contribution in [2.75, 3.05) is 18.4 Å². The summed E-state index contributed by atoms with van der Waals surface area (Å²) in [6.07, 6.45) is 1.05. The fourth-order valence-corrected chi connectivity index (χ4v) is 3.03. The van der Waals surface area contributed by atoms with E-state index >= 15 is 0 Å². The summed E-state index contributed by atoms with van der Waals surface area (Å²) in [7, 11) is 0. The Morgan fingerprint density at radius 1 is 1.47 bits per heavy atom. The first-order valence-corrected chi connectivity index (χ1v) is 7.38. The minimum atomic E-state index is -0.137. The molecule has 1 atom stereocenters. The topological polar surface area (TPSA) is 66.9 Å². The van der Waals surface area contributed by atoms with Gasteiger partial charge in [-0.05, 0) is 20.3 Å². The smallest absolute Gasteiger partial charge is 0.233 e. The van der Waals surface area contributed by atoms with Gasteiger partial charge < -0.3 is 10.6 Å². The van der Waals surface area contributed by atoms with Gasteiger partial charge in [0.25, 0.3) is 0 Å². The van der Waals surface area contributed by atoms with Gasteiger partial charge in [0.15, 0.2) is 4.34 Å². The molecule has 0 unspecified atom stereocenters. The van der Waals surface area contributed by atoms with Crippen molar-refractivity contribution in [3.8, 4) is 0 Å². The molecule has 0 saturated heterocycles. The van der Waals surface area contributed by atoms with E-state index < -0.39 is 0 Å². The molecule has 0 spiro atoms. The highest BCUT2D eigenvalue weighted by Crippen LogP contribution is 2.28. The van der Waals surface area contributed by atoms with Crippen molar-refractivity contribution in [1.29, 1.82) is 0 Å². The predicted octanol–water partition coefficient (Wildman–Crippen LogP) is 1.98. The third-order valence-electron chi connectivity index (χ3n) is 1.93. The van der Waals surface area contributed by atoms with Crippen LogP contribution in [-0.2, 0) is 4.79 Å². The normalized spacial score (nSPS) is 12.2. The molecule has 0 aliphatic carbocycles. The number of aromatic nitrogens is 2. The lowest BCUT2D eigenvalue weighted by molar-refractivity contribution is -0.120. The van der Waals surface area contributed by atoms with Crippen LogP contribution in [0.5, 0.6) is 0 Å². The molecule has 0 saturated carbocycles. The van der Waals surface area contributed by atoms with Crippen LogP contribution in [0.15, 0.2) is 4.34 Å². The predicted molar refractivity (Wildman–Crippen MR) is 72.7 cm³/mol. The molecule has 0 radical (unpaired) electrons. The molecule has 0 bridgehead atoms. The van der Waals surface area contributed by atoms with Gasteiger partial charge in [-0.2, -0.15) is 0 Å². The maximum atomic E-state index is 11.5. The highest BCUT2D eigenvalue weighted by atomic mass is 32.2. The van der Waals surface area contributed by atoms with Crippen LogP contribution < -0.4 is 10.6 Å². The van der Waals surface area contributed by atoms with E-state index in [0.29, 0.717) is 6.54 Å². The van der Waals surface area contributed by atoms with Crippen molar-refractivity contribution in [3.05, 3.63) is 0 Å². The largest absolute Gasteiger partial charge is 0.360 e. The van der Waals surface area contributed by atoms with Gasteiger partial charge in [-0.3, -0.25) is 4.79 Å². The zero-order valence-corrected chi connectivity index (χ0v) is 12.0. The number of rotatable bonds is 7. The second kappa shape index (κ2) is 7.50. The van der Waals surface area contributed by atoms with E-state index in [1.165, 1.54) is 23.1 Å². The van der Waals surface area contributed by atoms with Gasteiger partial charge in [-0.15, -0.1) is 10.2 Å². The quantitative estimate of drug-likeness (QED) is 0.744. The van der Waals surface area contributed by atoms with E-state index in [1.807, 2.05) is 13.8 Å². The molecule has 0 aliphatic rings. The molecule has 5 nitrogen and oxygen atoms in total. The second-order valence-corrected chi connectivity index (χ2v) is 6.02. The van der Waals surface area contributed by atoms with Gasteiger partial charge in [0.2, 0.25) is 11.0 Å². The van der Waals surface area contributed by atoms with Crippen LogP contribution in [-0.4, -0.2) is 34.4 Å². The highest BCUT2D eigenvalue weighted by molar-refractivity contribution is 8.02. The summed E-state index contributed by atoms with van der Waals surface area (Å²) in [5.41, 5.74) is 0. The number of hydrogen-bond donors (Lipinski definition) is 2. The average molecular weight is 274 g/mol. The summed E-state index contributed by atoms with van der Waals surface area (Å²) in [6.45, 7) is 7.43. The van der Waals surface area contributed by atoms with Gasteiger partial charge in [-0.1, -0.05) is 30.0 Å². The minimum Gasteiger partial charge on any atom is -0.360 e. The Hall–Kier alpha value is -0.820. The third kappa shape index (κ3) is 4.91. The monoisotopic (exact) mass is 274 g/mol. The van der Waals surface area contributed by atoms with Crippen LogP contribution in [0.2, 0.25) is 0 Å². The lowest BCUT2D eigenvalue weighted by Gasteiger charge is -2.07. The number of nitrogens with zero attached hydrogens (tertiary/aromatic N) is 2. The molecule has 1 amide bonds. The number of nitrogens with one attached hydrogen (secondary N) is 2. The molecule has 1 aromatic rings. The van der Waals surface area contributed by atoms with Crippen molar-refractivity contribution in [3.63, 3.8) is 0 Å². The molecule has 1 rings (SSSR count). The first-order chi connectivity index (χ1) is 8.17. The number of amides is 1. The van der Waals surface area contributed by atoms with Crippen LogP contribution in [0.1, 0.15) is 27.2 Å². The molecule has 0 aliphatic heterocycles. The minimum absolute atomic E-state index is 0.0377. The average Bonchev–Trinajstić information content (AvgIpc) is 2.74. The number of anilines is 1. The summed E-state index contributed by atoms with van der Waals surface area (Å²) in [5.74, 6) is 0.0377. The van der Waals surface area contributed by atoms with Crippen LogP contribution in [0.4, 0.5) is 5.13 Å².